The van der Waals surface area contributed by atoms with Crippen LogP contribution in [-0.2, 0) is 11.3 Å². The lowest BCUT2D eigenvalue weighted by Crippen LogP contribution is -2.21. The average Bonchev–Trinajstić information content (AvgIpc) is 3.03. The number of ether oxygens (including phenoxy) is 2. The summed E-state index contributed by atoms with van der Waals surface area (Å²) in [5.41, 5.74) is 8.94. The maximum absolute atomic E-state index is 9.72. The first-order valence-electron chi connectivity index (χ1n) is 7.86. The number of aromatic nitrogens is 2. The van der Waals surface area contributed by atoms with Crippen LogP contribution >= 0.6 is 0 Å². The van der Waals surface area contributed by atoms with Crippen LogP contribution in [0.4, 0.5) is 0 Å². The molecule has 0 saturated heterocycles. The minimum atomic E-state index is -0.358. The SMILES string of the molecule is COCc1[nH]nc2c1[C@H](c1cccc3ccccc13)C(C#N)=C(N)O2. The minimum absolute atomic E-state index is 0.0865. The molecule has 0 amide bonds. The highest BCUT2D eigenvalue weighted by molar-refractivity contribution is 5.87. The number of nitrogens with zero attached hydrogens (tertiary/aromatic N) is 2. The molecule has 0 aliphatic carbocycles. The number of H-pyrrole nitrogens is 1. The standard InChI is InChI=1S/C19H16N4O2/c1-24-10-15-17-16(14(9-20)18(21)25-19(17)23-22-15)13-8-4-6-11-5-2-3-7-12(11)13/h2-8,16H,10,21H2,1H3,(H,22,23)/t16-/m1/s1. The Labute approximate surface area is 144 Å². The number of hydrogen-bond acceptors (Lipinski definition) is 5. The lowest BCUT2D eigenvalue weighted by atomic mass is 9.82. The largest absolute Gasteiger partial charge is 0.420 e. The first kappa shape index (κ1) is 15.2. The molecule has 0 radical (unpaired) electrons. The van der Waals surface area contributed by atoms with Crippen LogP contribution in [0, 0.1) is 11.3 Å². The third-order valence-electron chi connectivity index (χ3n) is 4.44. The molecule has 1 atom stereocenters. The normalized spacial score (nSPS) is 16.4. The van der Waals surface area contributed by atoms with Crippen molar-refractivity contribution in [3.05, 3.63) is 70.7 Å². The summed E-state index contributed by atoms with van der Waals surface area (Å²) in [4.78, 5) is 0. The van der Waals surface area contributed by atoms with E-state index in [0.29, 0.717) is 18.1 Å². The van der Waals surface area contributed by atoms with E-state index in [-0.39, 0.29) is 11.8 Å². The molecule has 1 aromatic heterocycles. The van der Waals surface area contributed by atoms with Gasteiger partial charge in [-0.3, -0.25) is 5.10 Å². The number of nitriles is 1. The number of aromatic amines is 1. The summed E-state index contributed by atoms with van der Waals surface area (Å²) < 4.78 is 10.8. The van der Waals surface area contributed by atoms with Gasteiger partial charge in [0.1, 0.15) is 11.6 Å². The molecule has 0 bridgehead atoms. The van der Waals surface area contributed by atoms with Gasteiger partial charge in [0, 0.05) is 7.11 Å². The lowest BCUT2D eigenvalue weighted by Gasteiger charge is -2.25. The highest BCUT2D eigenvalue weighted by atomic mass is 16.5. The van der Waals surface area contributed by atoms with Crippen molar-refractivity contribution in [1.29, 1.82) is 5.26 Å². The lowest BCUT2D eigenvalue weighted by molar-refractivity contribution is 0.180. The van der Waals surface area contributed by atoms with Crippen molar-refractivity contribution >= 4 is 10.8 Å². The fourth-order valence-corrected chi connectivity index (χ4v) is 3.38. The Morgan fingerprint density at radius 2 is 2.08 bits per heavy atom. The molecule has 3 aromatic rings. The van der Waals surface area contributed by atoms with Gasteiger partial charge >= 0.3 is 0 Å². The molecule has 0 spiro atoms. The number of nitrogens with one attached hydrogen (secondary N) is 1. The Balaban J connectivity index is 2.02. The van der Waals surface area contributed by atoms with Crippen LogP contribution in [0.25, 0.3) is 10.8 Å². The van der Waals surface area contributed by atoms with Gasteiger partial charge in [0.25, 0.3) is 0 Å². The Kier molecular flexibility index (Phi) is 3.64. The van der Waals surface area contributed by atoms with Crippen molar-refractivity contribution in [2.75, 3.05) is 7.11 Å². The van der Waals surface area contributed by atoms with Crippen molar-refractivity contribution in [2.24, 2.45) is 5.73 Å². The van der Waals surface area contributed by atoms with Gasteiger partial charge in [-0.05, 0) is 16.3 Å². The summed E-state index contributed by atoms with van der Waals surface area (Å²) in [6.45, 7) is 0.339. The molecule has 4 rings (SSSR count). The summed E-state index contributed by atoms with van der Waals surface area (Å²) >= 11 is 0. The van der Waals surface area contributed by atoms with E-state index in [2.05, 4.69) is 16.3 Å². The van der Waals surface area contributed by atoms with Crippen molar-refractivity contribution in [1.82, 2.24) is 10.2 Å². The maximum atomic E-state index is 9.72. The van der Waals surface area contributed by atoms with E-state index >= 15 is 0 Å². The molecule has 1 aliphatic rings. The van der Waals surface area contributed by atoms with Gasteiger partial charge in [0.05, 0.1) is 23.8 Å². The number of fused-ring (bicyclic) bond motifs is 2. The summed E-state index contributed by atoms with van der Waals surface area (Å²) in [7, 11) is 1.61. The second kappa shape index (κ2) is 5.96. The fourth-order valence-electron chi connectivity index (χ4n) is 3.38. The molecule has 0 fully saturated rings. The summed E-state index contributed by atoms with van der Waals surface area (Å²) in [6, 6.07) is 16.3. The summed E-state index contributed by atoms with van der Waals surface area (Å²) in [6.07, 6.45) is 0. The fraction of sp³-hybridized carbons (Fsp3) is 0.158. The van der Waals surface area contributed by atoms with Crippen molar-refractivity contribution in [3.8, 4) is 11.9 Å². The Bertz CT molecular complexity index is 1020. The zero-order valence-corrected chi connectivity index (χ0v) is 13.6. The van der Waals surface area contributed by atoms with Crippen LogP contribution < -0.4 is 10.5 Å². The number of hydrogen-bond donors (Lipinski definition) is 2. The smallest absolute Gasteiger partial charge is 0.244 e. The molecule has 0 unspecified atom stereocenters. The van der Waals surface area contributed by atoms with Gasteiger partial charge in [0.2, 0.25) is 11.8 Å². The third kappa shape index (κ3) is 2.33. The first-order valence-corrected chi connectivity index (χ1v) is 7.86. The topological polar surface area (TPSA) is 97.0 Å². The molecule has 25 heavy (non-hydrogen) atoms. The molecule has 124 valence electrons. The summed E-state index contributed by atoms with van der Waals surface area (Å²) in [5, 5.41) is 19.0. The Morgan fingerprint density at radius 1 is 1.28 bits per heavy atom. The van der Waals surface area contributed by atoms with E-state index in [0.717, 1.165) is 27.6 Å². The molecule has 6 nitrogen and oxygen atoms in total. The zero-order valence-electron chi connectivity index (χ0n) is 13.6. The van der Waals surface area contributed by atoms with E-state index in [1.165, 1.54) is 0 Å². The van der Waals surface area contributed by atoms with Gasteiger partial charge in [-0.2, -0.15) is 5.26 Å². The molecule has 3 N–H and O–H groups in total. The van der Waals surface area contributed by atoms with Gasteiger partial charge in [-0.1, -0.05) is 42.5 Å². The molecular formula is C19H16N4O2. The van der Waals surface area contributed by atoms with Gasteiger partial charge < -0.3 is 15.2 Å². The number of nitrogens with two attached hydrogens (primary N) is 1. The van der Waals surface area contributed by atoms with Crippen LogP contribution in [0.15, 0.2) is 53.9 Å². The Morgan fingerprint density at radius 3 is 2.88 bits per heavy atom. The zero-order chi connectivity index (χ0) is 17.4. The quantitative estimate of drug-likeness (QED) is 0.768. The number of rotatable bonds is 3. The Hall–Kier alpha value is -3.30. The van der Waals surface area contributed by atoms with E-state index in [1.807, 2.05) is 42.5 Å². The third-order valence-corrected chi connectivity index (χ3v) is 4.44. The predicted molar refractivity (Wildman–Crippen MR) is 92.5 cm³/mol. The van der Waals surface area contributed by atoms with Gasteiger partial charge in [0.15, 0.2) is 0 Å². The van der Waals surface area contributed by atoms with Crippen molar-refractivity contribution in [3.63, 3.8) is 0 Å². The van der Waals surface area contributed by atoms with E-state index < -0.39 is 0 Å². The maximum Gasteiger partial charge on any atom is 0.244 e. The van der Waals surface area contributed by atoms with Crippen LogP contribution in [0.3, 0.4) is 0 Å². The molecule has 2 aromatic carbocycles. The van der Waals surface area contributed by atoms with E-state index in [1.54, 1.807) is 7.11 Å². The average molecular weight is 332 g/mol. The number of benzene rings is 2. The molecule has 6 heteroatoms. The number of methoxy groups -OCH3 is 1. The molecule has 0 saturated carbocycles. The molecular weight excluding hydrogens is 316 g/mol. The number of allylic oxidation sites excluding steroid dienone is 1. The summed E-state index contributed by atoms with van der Waals surface area (Å²) in [5.74, 6) is 0.119. The second-order valence-corrected chi connectivity index (χ2v) is 5.85. The first-order chi connectivity index (χ1) is 12.2. The monoisotopic (exact) mass is 332 g/mol. The van der Waals surface area contributed by atoms with Crippen molar-refractivity contribution < 1.29 is 9.47 Å². The molecule has 2 heterocycles. The highest BCUT2D eigenvalue weighted by Gasteiger charge is 2.35. The van der Waals surface area contributed by atoms with Gasteiger partial charge in [-0.15, -0.1) is 5.10 Å². The van der Waals surface area contributed by atoms with Crippen LogP contribution in [0.1, 0.15) is 22.7 Å². The van der Waals surface area contributed by atoms with E-state index in [4.69, 9.17) is 15.2 Å². The van der Waals surface area contributed by atoms with Crippen LogP contribution in [0.2, 0.25) is 0 Å². The predicted octanol–water partition coefficient (Wildman–Crippen LogP) is 2.93. The van der Waals surface area contributed by atoms with Crippen LogP contribution in [0.5, 0.6) is 5.88 Å². The molecule has 1 aliphatic heterocycles. The van der Waals surface area contributed by atoms with Gasteiger partial charge in [-0.25, -0.2) is 0 Å². The minimum Gasteiger partial charge on any atom is -0.420 e. The highest BCUT2D eigenvalue weighted by Crippen LogP contribution is 2.44. The van der Waals surface area contributed by atoms with Crippen molar-refractivity contribution in [2.45, 2.75) is 12.5 Å². The second-order valence-electron chi connectivity index (χ2n) is 5.85. The van der Waals surface area contributed by atoms with Crippen LogP contribution in [-0.4, -0.2) is 17.3 Å². The van der Waals surface area contributed by atoms with E-state index in [9.17, 15) is 5.26 Å².